The maximum absolute atomic E-state index is 14.1. The van der Waals surface area contributed by atoms with Gasteiger partial charge in [0.1, 0.15) is 0 Å². The standard InChI is InChI=1S/C33H35F3N6O2/c34-29-7-6-25(32(35)33(29)36)22-39-10-12-40(13-11-39)23-37-31(43)20-24-18-26(21-28(19-24)41-14-16-44-17-15-41)30-8-9-42(38-30)27-4-2-1-3-5-27/h1-9,18-19,21H,10-17,20,22-23H2,(H,37,43). The smallest absolute Gasteiger partial charge is 0.225 e. The summed E-state index contributed by atoms with van der Waals surface area (Å²) in [4.78, 5) is 19.4. The van der Waals surface area contributed by atoms with E-state index < -0.39 is 17.5 Å². The molecule has 8 nitrogen and oxygen atoms in total. The van der Waals surface area contributed by atoms with E-state index in [1.165, 1.54) is 6.07 Å². The quantitative estimate of drug-likeness (QED) is 0.289. The fourth-order valence-electron chi connectivity index (χ4n) is 5.61. The van der Waals surface area contributed by atoms with Gasteiger partial charge in [0.15, 0.2) is 17.5 Å². The van der Waals surface area contributed by atoms with Gasteiger partial charge in [-0.2, -0.15) is 5.10 Å². The Labute approximate surface area is 254 Å². The van der Waals surface area contributed by atoms with Gasteiger partial charge in [-0.15, -0.1) is 0 Å². The number of halogens is 3. The summed E-state index contributed by atoms with van der Waals surface area (Å²) in [5.74, 6) is -3.84. The number of morpholine rings is 1. The highest BCUT2D eigenvalue weighted by Crippen LogP contribution is 2.28. The Kier molecular flexibility index (Phi) is 9.25. The molecule has 2 fully saturated rings. The van der Waals surface area contributed by atoms with Crippen LogP contribution in [0.5, 0.6) is 0 Å². The molecule has 1 N–H and O–H groups in total. The minimum absolute atomic E-state index is 0.0869. The number of carbonyl (C=O) groups is 1. The normalized spacial score (nSPS) is 16.3. The first-order valence-electron chi connectivity index (χ1n) is 14.8. The number of piperazine rings is 1. The maximum atomic E-state index is 14.1. The fourth-order valence-corrected chi connectivity index (χ4v) is 5.61. The van der Waals surface area contributed by atoms with Crippen LogP contribution in [0.15, 0.2) is 72.9 Å². The Morgan fingerprint density at radius 2 is 1.57 bits per heavy atom. The van der Waals surface area contributed by atoms with Gasteiger partial charge in [0.05, 0.1) is 37.7 Å². The topological polar surface area (TPSA) is 65.9 Å². The largest absolute Gasteiger partial charge is 0.378 e. The van der Waals surface area contributed by atoms with Gasteiger partial charge in [0.2, 0.25) is 5.91 Å². The Morgan fingerprint density at radius 3 is 2.34 bits per heavy atom. The van der Waals surface area contributed by atoms with E-state index in [1.54, 1.807) is 0 Å². The average molecular weight is 605 g/mol. The lowest BCUT2D eigenvalue weighted by Gasteiger charge is -2.34. The van der Waals surface area contributed by atoms with E-state index in [4.69, 9.17) is 9.84 Å². The molecule has 4 aromatic rings. The number of amides is 1. The summed E-state index contributed by atoms with van der Waals surface area (Å²) in [6, 6.07) is 20.4. The highest BCUT2D eigenvalue weighted by atomic mass is 19.2. The fraction of sp³-hybridized carbons (Fsp3) is 0.333. The van der Waals surface area contributed by atoms with Crippen LogP contribution in [0.4, 0.5) is 18.9 Å². The molecule has 3 aromatic carbocycles. The molecule has 2 saturated heterocycles. The van der Waals surface area contributed by atoms with E-state index in [-0.39, 0.29) is 24.4 Å². The Hall–Kier alpha value is -4.19. The van der Waals surface area contributed by atoms with Crippen molar-refractivity contribution in [3.8, 4) is 16.9 Å². The molecular formula is C33H35F3N6O2. The predicted molar refractivity (Wildman–Crippen MR) is 162 cm³/mol. The molecule has 0 aliphatic carbocycles. The summed E-state index contributed by atoms with van der Waals surface area (Å²) >= 11 is 0. The van der Waals surface area contributed by atoms with Crippen LogP contribution in [0, 0.1) is 17.5 Å². The van der Waals surface area contributed by atoms with Crippen LogP contribution in [-0.2, 0) is 22.5 Å². The predicted octanol–water partition coefficient (Wildman–Crippen LogP) is 4.23. The van der Waals surface area contributed by atoms with Crippen LogP contribution in [0.25, 0.3) is 16.9 Å². The molecule has 6 rings (SSSR count). The number of ether oxygens (including phenoxy) is 1. The third kappa shape index (κ3) is 7.12. The van der Waals surface area contributed by atoms with Gasteiger partial charge in [0, 0.05) is 68.8 Å². The highest BCUT2D eigenvalue weighted by molar-refractivity contribution is 5.80. The third-order valence-electron chi connectivity index (χ3n) is 8.10. The molecule has 0 spiro atoms. The average Bonchev–Trinajstić information content (AvgIpc) is 3.56. The van der Waals surface area contributed by atoms with Crippen molar-refractivity contribution in [3.63, 3.8) is 0 Å². The number of aromatic nitrogens is 2. The Balaban J connectivity index is 1.07. The zero-order chi connectivity index (χ0) is 30.5. The Morgan fingerprint density at radius 1 is 0.818 bits per heavy atom. The number of rotatable bonds is 9. The van der Waals surface area contributed by atoms with E-state index in [1.807, 2.05) is 58.2 Å². The number of carbonyl (C=O) groups excluding carboxylic acids is 1. The van der Waals surface area contributed by atoms with Crippen LogP contribution >= 0.6 is 0 Å². The van der Waals surface area contributed by atoms with Crippen molar-refractivity contribution in [2.24, 2.45) is 0 Å². The van der Waals surface area contributed by atoms with Gasteiger partial charge in [-0.05, 0) is 48.0 Å². The molecule has 0 bridgehead atoms. The summed E-state index contributed by atoms with van der Waals surface area (Å²) in [6.45, 7) is 6.03. The number of benzene rings is 3. The molecule has 0 saturated carbocycles. The minimum Gasteiger partial charge on any atom is -0.378 e. The van der Waals surface area contributed by atoms with Crippen LogP contribution in [-0.4, -0.2) is 84.6 Å². The van der Waals surface area contributed by atoms with Crippen LogP contribution in [0.2, 0.25) is 0 Å². The van der Waals surface area contributed by atoms with Gasteiger partial charge in [-0.1, -0.05) is 24.3 Å². The summed E-state index contributed by atoms with van der Waals surface area (Å²) in [5, 5.41) is 7.84. The van der Waals surface area contributed by atoms with Gasteiger partial charge >= 0.3 is 0 Å². The van der Waals surface area contributed by atoms with Gasteiger partial charge in [0.25, 0.3) is 0 Å². The summed E-state index contributed by atoms with van der Waals surface area (Å²) < 4.78 is 48.3. The van der Waals surface area contributed by atoms with E-state index in [0.29, 0.717) is 46.1 Å². The van der Waals surface area contributed by atoms with Crippen LogP contribution in [0.1, 0.15) is 11.1 Å². The Bertz CT molecular complexity index is 1580. The van der Waals surface area contributed by atoms with Gasteiger partial charge in [-0.3, -0.25) is 14.6 Å². The molecule has 0 atom stereocenters. The molecule has 0 unspecified atom stereocenters. The number of hydrogen-bond donors (Lipinski definition) is 1. The first-order valence-corrected chi connectivity index (χ1v) is 14.8. The SMILES string of the molecule is O=C(Cc1cc(-c2ccn(-c3ccccc3)n2)cc(N2CCOCC2)c1)NCN1CCN(Cc2ccc(F)c(F)c2F)CC1. The van der Waals surface area contributed by atoms with Crippen LogP contribution in [0.3, 0.4) is 0 Å². The van der Waals surface area contributed by atoms with Crippen LogP contribution < -0.4 is 10.2 Å². The van der Waals surface area contributed by atoms with Crippen molar-refractivity contribution < 1.29 is 22.7 Å². The molecule has 230 valence electrons. The summed E-state index contributed by atoms with van der Waals surface area (Å²) in [7, 11) is 0. The number of nitrogens with one attached hydrogen (secondary N) is 1. The lowest BCUT2D eigenvalue weighted by Crippen LogP contribution is -2.49. The molecule has 1 amide bonds. The molecular weight excluding hydrogens is 569 g/mol. The van der Waals surface area contributed by atoms with Gasteiger partial charge < -0.3 is 15.0 Å². The molecule has 2 aliphatic rings. The van der Waals surface area contributed by atoms with Gasteiger partial charge in [-0.25, -0.2) is 17.9 Å². The molecule has 0 radical (unpaired) electrons. The summed E-state index contributed by atoms with van der Waals surface area (Å²) in [5.41, 5.74) is 4.81. The van der Waals surface area contributed by atoms with Crippen molar-refractivity contribution in [1.82, 2.24) is 24.9 Å². The third-order valence-corrected chi connectivity index (χ3v) is 8.10. The molecule has 2 aliphatic heterocycles. The van der Waals surface area contributed by atoms with Crippen molar-refractivity contribution >= 4 is 11.6 Å². The lowest BCUT2D eigenvalue weighted by molar-refractivity contribution is -0.121. The number of hydrogen-bond acceptors (Lipinski definition) is 6. The second kappa shape index (κ2) is 13.6. The zero-order valence-corrected chi connectivity index (χ0v) is 24.4. The van der Waals surface area contributed by atoms with E-state index in [9.17, 15) is 18.0 Å². The zero-order valence-electron chi connectivity index (χ0n) is 24.4. The van der Waals surface area contributed by atoms with E-state index in [0.717, 1.165) is 47.4 Å². The molecule has 3 heterocycles. The first-order chi connectivity index (χ1) is 21.4. The molecule has 1 aromatic heterocycles. The highest BCUT2D eigenvalue weighted by Gasteiger charge is 2.21. The minimum atomic E-state index is -1.44. The number of para-hydroxylation sites is 1. The van der Waals surface area contributed by atoms with Crippen molar-refractivity contribution in [1.29, 1.82) is 0 Å². The second-order valence-electron chi connectivity index (χ2n) is 11.1. The van der Waals surface area contributed by atoms with Crippen molar-refractivity contribution in [3.05, 3.63) is 102 Å². The maximum Gasteiger partial charge on any atom is 0.225 e. The monoisotopic (exact) mass is 604 g/mol. The van der Waals surface area contributed by atoms with Crippen molar-refractivity contribution in [2.75, 3.05) is 64.1 Å². The number of nitrogens with zero attached hydrogens (tertiary/aromatic N) is 5. The molecule has 11 heteroatoms. The lowest BCUT2D eigenvalue weighted by atomic mass is 10.0. The number of anilines is 1. The van der Waals surface area contributed by atoms with E-state index >= 15 is 0 Å². The molecule has 44 heavy (non-hydrogen) atoms. The summed E-state index contributed by atoms with van der Waals surface area (Å²) in [6.07, 6.45) is 2.16. The first kappa shape index (κ1) is 29.9. The second-order valence-corrected chi connectivity index (χ2v) is 11.1. The van der Waals surface area contributed by atoms with E-state index in [2.05, 4.69) is 27.2 Å². The van der Waals surface area contributed by atoms with Crippen molar-refractivity contribution in [2.45, 2.75) is 13.0 Å².